The second-order valence-electron chi connectivity index (χ2n) is 4.40. The van der Waals surface area contributed by atoms with E-state index in [1.807, 2.05) is 6.92 Å². The van der Waals surface area contributed by atoms with Crippen LogP contribution in [0.15, 0.2) is 23.7 Å². The highest BCUT2D eigenvalue weighted by atomic mass is 32.1. The van der Waals surface area contributed by atoms with Gasteiger partial charge < -0.3 is 9.84 Å². The number of hydrogen-bond donors (Lipinski definition) is 1. The van der Waals surface area contributed by atoms with E-state index in [1.165, 1.54) is 4.88 Å². The molecule has 0 bridgehead atoms. The molecule has 5 heteroatoms. The van der Waals surface area contributed by atoms with E-state index in [2.05, 4.69) is 22.6 Å². The number of methoxy groups -OCH3 is 1. The molecule has 0 aliphatic rings. The summed E-state index contributed by atoms with van der Waals surface area (Å²) in [6.45, 7) is 2.75. The summed E-state index contributed by atoms with van der Waals surface area (Å²) in [6.07, 6.45) is 3.84. The van der Waals surface area contributed by atoms with Gasteiger partial charge in [-0.15, -0.1) is 11.3 Å². The topological polar surface area (TPSA) is 47.3 Å². The lowest BCUT2D eigenvalue weighted by Crippen LogP contribution is -2.09. The highest BCUT2D eigenvalue weighted by Gasteiger charge is 2.18. The second-order valence-corrected chi connectivity index (χ2v) is 5.43. The summed E-state index contributed by atoms with van der Waals surface area (Å²) in [4.78, 5) is 1.36. The Morgan fingerprint density at radius 1 is 1.53 bits per heavy atom. The van der Waals surface area contributed by atoms with Gasteiger partial charge in [-0.1, -0.05) is 6.07 Å². The Hall–Kier alpha value is -1.33. The van der Waals surface area contributed by atoms with Crippen LogP contribution in [0.4, 0.5) is 0 Å². The Morgan fingerprint density at radius 3 is 3.00 bits per heavy atom. The van der Waals surface area contributed by atoms with Crippen molar-refractivity contribution in [3.8, 4) is 5.75 Å². The molecule has 104 valence electrons. The molecule has 0 aliphatic heterocycles. The molecule has 2 rings (SSSR count). The first-order chi connectivity index (χ1) is 9.26. The van der Waals surface area contributed by atoms with Crippen LogP contribution in [0.5, 0.6) is 5.75 Å². The molecule has 2 aromatic heterocycles. The summed E-state index contributed by atoms with van der Waals surface area (Å²) < 4.78 is 7.06. The molecule has 1 unspecified atom stereocenters. The Kier molecular flexibility index (Phi) is 4.99. The summed E-state index contributed by atoms with van der Waals surface area (Å²) in [6, 6.07) is 4.19. The molecule has 19 heavy (non-hydrogen) atoms. The number of aliphatic hydroxyl groups is 1. The quantitative estimate of drug-likeness (QED) is 0.848. The molecule has 0 saturated heterocycles. The molecule has 0 saturated carbocycles. The van der Waals surface area contributed by atoms with Crippen molar-refractivity contribution in [1.82, 2.24) is 9.78 Å². The Balaban J connectivity index is 1.95. The third-order valence-corrected chi connectivity index (χ3v) is 4.10. The van der Waals surface area contributed by atoms with E-state index in [0.29, 0.717) is 5.75 Å². The van der Waals surface area contributed by atoms with Gasteiger partial charge in [-0.3, -0.25) is 4.68 Å². The van der Waals surface area contributed by atoms with Gasteiger partial charge >= 0.3 is 0 Å². The third kappa shape index (κ3) is 3.36. The third-order valence-electron chi connectivity index (χ3n) is 3.16. The zero-order valence-electron chi connectivity index (χ0n) is 11.4. The molecule has 0 radical (unpaired) electrons. The van der Waals surface area contributed by atoms with Crippen molar-refractivity contribution < 1.29 is 9.84 Å². The molecule has 0 amide bonds. The number of aromatic nitrogens is 2. The number of ether oxygens (including phenoxy) is 1. The molecule has 4 nitrogen and oxygen atoms in total. The fraction of sp³-hybridized carbons (Fsp3) is 0.500. The average Bonchev–Trinajstić information content (AvgIpc) is 3.06. The van der Waals surface area contributed by atoms with Crippen LogP contribution < -0.4 is 4.74 Å². The predicted molar refractivity (Wildman–Crippen MR) is 76.7 cm³/mol. The number of thiophene rings is 1. The number of nitrogens with zero attached hydrogens (tertiary/aromatic N) is 2. The van der Waals surface area contributed by atoms with Crippen LogP contribution >= 0.6 is 11.3 Å². The minimum atomic E-state index is -0.516. The van der Waals surface area contributed by atoms with Gasteiger partial charge in [0.2, 0.25) is 0 Å². The van der Waals surface area contributed by atoms with E-state index in [-0.39, 0.29) is 0 Å². The van der Waals surface area contributed by atoms with Gasteiger partial charge in [0, 0.05) is 11.4 Å². The van der Waals surface area contributed by atoms with Crippen molar-refractivity contribution in [1.29, 1.82) is 0 Å². The minimum Gasteiger partial charge on any atom is -0.493 e. The fourth-order valence-electron chi connectivity index (χ4n) is 2.18. The number of hydrogen-bond acceptors (Lipinski definition) is 4. The van der Waals surface area contributed by atoms with Crippen LogP contribution in [0.1, 0.15) is 36.4 Å². The molecule has 0 fully saturated rings. The first-order valence-electron chi connectivity index (χ1n) is 6.56. The zero-order valence-corrected chi connectivity index (χ0v) is 12.2. The molecular weight excluding hydrogens is 260 g/mol. The lowest BCUT2D eigenvalue weighted by atomic mass is 10.1. The van der Waals surface area contributed by atoms with Crippen LogP contribution in [-0.4, -0.2) is 22.0 Å². The molecule has 1 N–H and O–H groups in total. The smallest absolute Gasteiger partial charge is 0.162 e. The SMILES string of the molecule is CCn1ncc(OC)c1C(O)CCCc1cccs1. The summed E-state index contributed by atoms with van der Waals surface area (Å²) in [5.41, 5.74) is 0.788. The Labute approximate surface area is 117 Å². The monoisotopic (exact) mass is 280 g/mol. The van der Waals surface area contributed by atoms with Gasteiger partial charge in [-0.05, 0) is 37.6 Å². The van der Waals surface area contributed by atoms with Crippen molar-refractivity contribution >= 4 is 11.3 Å². The molecule has 0 spiro atoms. The maximum absolute atomic E-state index is 10.3. The van der Waals surface area contributed by atoms with Gasteiger partial charge in [-0.25, -0.2) is 0 Å². The summed E-state index contributed by atoms with van der Waals surface area (Å²) in [5, 5.41) is 16.6. The molecule has 2 aromatic rings. The number of rotatable bonds is 7. The molecule has 1 atom stereocenters. The molecule has 0 aromatic carbocycles. The molecular formula is C14H20N2O2S. The zero-order chi connectivity index (χ0) is 13.7. The maximum Gasteiger partial charge on any atom is 0.162 e. The minimum absolute atomic E-state index is 0.516. The maximum atomic E-state index is 10.3. The van der Waals surface area contributed by atoms with Crippen LogP contribution in [-0.2, 0) is 13.0 Å². The predicted octanol–water partition coefficient (Wildman–Crippen LogP) is 3.03. The van der Waals surface area contributed by atoms with E-state index < -0.39 is 6.10 Å². The number of aryl methyl sites for hydroxylation is 2. The van der Waals surface area contributed by atoms with E-state index in [4.69, 9.17) is 4.74 Å². The van der Waals surface area contributed by atoms with Gasteiger partial charge in [0.25, 0.3) is 0 Å². The van der Waals surface area contributed by atoms with E-state index >= 15 is 0 Å². The first kappa shape index (κ1) is 14.1. The average molecular weight is 280 g/mol. The van der Waals surface area contributed by atoms with Crippen LogP contribution in [0, 0.1) is 0 Å². The summed E-state index contributed by atoms with van der Waals surface area (Å²) >= 11 is 1.76. The van der Waals surface area contributed by atoms with Crippen molar-refractivity contribution in [2.75, 3.05) is 7.11 Å². The first-order valence-corrected chi connectivity index (χ1v) is 7.44. The van der Waals surface area contributed by atoms with Crippen molar-refractivity contribution in [2.24, 2.45) is 0 Å². The summed E-state index contributed by atoms with van der Waals surface area (Å²) in [7, 11) is 1.61. The van der Waals surface area contributed by atoms with E-state index in [0.717, 1.165) is 31.5 Å². The molecule has 0 aliphatic carbocycles. The van der Waals surface area contributed by atoms with E-state index in [9.17, 15) is 5.11 Å². The lowest BCUT2D eigenvalue weighted by molar-refractivity contribution is 0.150. The Morgan fingerprint density at radius 2 is 2.37 bits per heavy atom. The second kappa shape index (κ2) is 6.73. The van der Waals surface area contributed by atoms with Gasteiger partial charge in [0.05, 0.1) is 19.4 Å². The van der Waals surface area contributed by atoms with Crippen molar-refractivity contribution in [3.63, 3.8) is 0 Å². The van der Waals surface area contributed by atoms with Gasteiger partial charge in [0.1, 0.15) is 5.69 Å². The standard InChI is InChI=1S/C14H20N2O2S/c1-3-16-14(13(18-2)10-15-16)12(17)8-4-6-11-7-5-9-19-11/h5,7,9-10,12,17H,3-4,6,8H2,1-2H3. The van der Waals surface area contributed by atoms with Gasteiger partial charge in [-0.2, -0.15) is 5.10 Å². The lowest BCUT2D eigenvalue weighted by Gasteiger charge is -2.13. The summed E-state index contributed by atoms with van der Waals surface area (Å²) in [5.74, 6) is 0.672. The normalized spacial score (nSPS) is 12.6. The van der Waals surface area contributed by atoms with Crippen LogP contribution in [0.3, 0.4) is 0 Å². The highest BCUT2D eigenvalue weighted by molar-refractivity contribution is 7.09. The molecule has 2 heterocycles. The van der Waals surface area contributed by atoms with Crippen LogP contribution in [0.2, 0.25) is 0 Å². The number of aliphatic hydroxyl groups excluding tert-OH is 1. The van der Waals surface area contributed by atoms with E-state index in [1.54, 1.807) is 29.3 Å². The van der Waals surface area contributed by atoms with Crippen molar-refractivity contribution in [2.45, 2.75) is 38.8 Å². The highest BCUT2D eigenvalue weighted by Crippen LogP contribution is 2.28. The largest absolute Gasteiger partial charge is 0.493 e. The van der Waals surface area contributed by atoms with Crippen LogP contribution in [0.25, 0.3) is 0 Å². The fourth-order valence-corrected chi connectivity index (χ4v) is 2.94. The Bertz CT molecular complexity index is 472. The van der Waals surface area contributed by atoms with Gasteiger partial charge in [0.15, 0.2) is 5.75 Å². The van der Waals surface area contributed by atoms with Crippen molar-refractivity contribution in [3.05, 3.63) is 34.3 Å².